The van der Waals surface area contributed by atoms with Crippen molar-refractivity contribution in [3.05, 3.63) is 35.1 Å². The van der Waals surface area contributed by atoms with E-state index in [-0.39, 0.29) is 17.3 Å². The van der Waals surface area contributed by atoms with Crippen molar-refractivity contribution in [2.24, 2.45) is 11.1 Å². The molecule has 0 radical (unpaired) electrons. The van der Waals surface area contributed by atoms with Crippen LogP contribution in [-0.2, 0) is 0 Å². The maximum atomic E-state index is 6.56. The van der Waals surface area contributed by atoms with Gasteiger partial charge < -0.3 is 22.1 Å². The van der Waals surface area contributed by atoms with Gasteiger partial charge in [0.15, 0.2) is 5.82 Å². The second-order valence-corrected chi connectivity index (χ2v) is 9.13. The van der Waals surface area contributed by atoms with E-state index in [1.54, 1.807) is 18.5 Å². The molecule has 2 aromatic rings. The van der Waals surface area contributed by atoms with E-state index < -0.39 is 0 Å². The molecule has 0 amide bonds. The Hall–Kier alpha value is -2.03. The van der Waals surface area contributed by atoms with E-state index in [4.69, 9.17) is 28.8 Å². The first kappa shape index (κ1) is 20.3. The van der Waals surface area contributed by atoms with Gasteiger partial charge in [-0.2, -0.15) is 0 Å². The van der Waals surface area contributed by atoms with Crippen molar-refractivity contribution in [2.75, 3.05) is 29.5 Å². The Balaban J connectivity index is 1.46. The van der Waals surface area contributed by atoms with E-state index >= 15 is 0 Å². The van der Waals surface area contributed by atoms with Gasteiger partial charge in [-0.25, -0.2) is 15.0 Å². The summed E-state index contributed by atoms with van der Waals surface area (Å²) in [6, 6.07) is 1.97. The number of rotatable bonds is 3. The minimum absolute atomic E-state index is 0.183. The Labute approximate surface area is 180 Å². The zero-order chi connectivity index (χ0) is 20.6. The standard InChI is InChI=1S/C20H26ClN7S/c1-2-12-3-5-20(16(12)22)6-9-28(10-7-20)14-11-26-19(18(24)27-14)29-13-4-8-25-17(23)15(13)21/h2,4,8,11,16H,3,5-7,9-10,22H2,1H3,(H2,23,25)(H2,24,27)/b12-2+/t16-/m1/s1. The van der Waals surface area contributed by atoms with Gasteiger partial charge in [0.1, 0.15) is 16.7 Å². The second kappa shape index (κ2) is 8.01. The molecule has 4 rings (SSSR count). The maximum absolute atomic E-state index is 6.56. The van der Waals surface area contributed by atoms with E-state index in [2.05, 4.69) is 32.9 Å². The number of aromatic nitrogens is 3. The normalized spacial score (nSPS) is 22.5. The van der Waals surface area contributed by atoms with Crippen LogP contribution in [-0.4, -0.2) is 34.1 Å². The third kappa shape index (κ3) is 3.76. The van der Waals surface area contributed by atoms with Gasteiger partial charge in [0.05, 0.1) is 11.2 Å². The summed E-state index contributed by atoms with van der Waals surface area (Å²) in [7, 11) is 0. The van der Waals surface area contributed by atoms with Crippen molar-refractivity contribution in [3.8, 4) is 0 Å². The van der Waals surface area contributed by atoms with E-state index in [1.165, 1.54) is 23.8 Å². The lowest BCUT2D eigenvalue weighted by Crippen LogP contribution is -2.47. The number of halogens is 1. The highest BCUT2D eigenvalue weighted by Crippen LogP contribution is 2.48. The number of nitrogen functional groups attached to an aromatic ring is 2. The van der Waals surface area contributed by atoms with E-state index in [0.717, 1.165) is 43.1 Å². The zero-order valence-electron chi connectivity index (χ0n) is 16.4. The fourth-order valence-electron chi connectivity index (χ4n) is 4.40. The van der Waals surface area contributed by atoms with Crippen molar-refractivity contribution in [2.45, 2.75) is 48.6 Å². The number of pyridine rings is 1. The predicted molar refractivity (Wildman–Crippen MR) is 119 cm³/mol. The van der Waals surface area contributed by atoms with Gasteiger partial charge in [-0.1, -0.05) is 35.0 Å². The molecule has 7 nitrogen and oxygen atoms in total. The van der Waals surface area contributed by atoms with Crippen LogP contribution in [0.3, 0.4) is 0 Å². The van der Waals surface area contributed by atoms with Gasteiger partial charge >= 0.3 is 0 Å². The first-order chi connectivity index (χ1) is 13.9. The van der Waals surface area contributed by atoms with E-state index in [1.807, 2.05) is 0 Å². The number of allylic oxidation sites excluding steroid dienone is 1. The summed E-state index contributed by atoms with van der Waals surface area (Å²) in [6.07, 6.45) is 10.0. The predicted octanol–water partition coefficient (Wildman–Crippen LogP) is 3.49. The van der Waals surface area contributed by atoms with Crippen LogP contribution in [0.25, 0.3) is 0 Å². The van der Waals surface area contributed by atoms with Crippen LogP contribution in [0.2, 0.25) is 5.02 Å². The van der Waals surface area contributed by atoms with Crippen LogP contribution >= 0.6 is 23.4 Å². The highest BCUT2D eigenvalue weighted by Gasteiger charge is 2.45. The molecule has 1 atom stereocenters. The molecular weight excluding hydrogens is 406 g/mol. The van der Waals surface area contributed by atoms with Gasteiger partial charge in [-0.15, -0.1) is 0 Å². The molecule has 1 spiro atoms. The van der Waals surface area contributed by atoms with Crippen LogP contribution in [0.15, 0.2) is 40.0 Å². The molecule has 3 heterocycles. The highest BCUT2D eigenvalue weighted by molar-refractivity contribution is 7.99. The Bertz CT molecular complexity index is 940. The van der Waals surface area contributed by atoms with Crippen molar-refractivity contribution < 1.29 is 0 Å². The van der Waals surface area contributed by atoms with Crippen LogP contribution in [0.4, 0.5) is 17.5 Å². The lowest BCUT2D eigenvalue weighted by atomic mass is 9.74. The summed E-state index contributed by atoms with van der Waals surface area (Å²) in [6.45, 7) is 3.92. The smallest absolute Gasteiger partial charge is 0.158 e. The number of nitrogens with zero attached hydrogens (tertiary/aromatic N) is 4. The number of hydrogen-bond donors (Lipinski definition) is 3. The van der Waals surface area contributed by atoms with Crippen molar-refractivity contribution >= 4 is 40.8 Å². The van der Waals surface area contributed by atoms with Gasteiger partial charge in [-0.05, 0) is 44.1 Å². The fourth-order valence-corrected chi connectivity index (χ4v) is 5.42. The lowest BCUT2D eigenvalue weighted by molar-refractivity contribution is 0.205. The van der Waals surface area contributed by atoms with E-state index in [0.29, 0.717) is 15.9 Å². The molecule has 9 heteroatoms. The van der Waals surface area contributed by atoms with Gasteiger partial charge in [0, 0.05) is 30.2 Å². The maximum Gasteiger partial charge on any atom is 0.158 e. The molecule has 1 saturated carbocycles. The Morgan fingerprint density at radius 1 is 1.21 bits per heavy atom. The molecule has 2 aliphatic rings. The minimum atomic E-state index is 0.183. The van der Waals surface area contributed by atoms with E-state index in [9.17, 15) is 0 Å². The first-order valence-electron chi connectivity index (χ1n) is 9.79. The van der Waals surface area contributed by atoms with Crippen molar-refractivity contribution in [1.29, 1.82) is 0 Å². The van der Waals surface area contributed by atoms with Crippen LogP contribution in [0, 0.1) is 5.41 Å². The molecule has 0 unspecified atom stereocenters. The van der Waals surface area contributed by atoms with Crippen LogP contribution < -0.4 is 22.1 Å². The monoisotopic (exact) mass is 431 g/mol. The molecule has 0 bridgehead atoms. The second-order valence-electron chi connectivity index (χ2n) is 7.72. The largest absolute Gasteiger partial charge is 0.382 e. The Kier molecular flexibility index (Phi) is 5.59. The van der Waals surface area contributed by atoms with Gasteiger partial charge in [0.2, 0.25) is 0 Å². The number of piperidine rings is 1. The molecule has 154 valence electrons. The SMILES string of the molecule is C/C=C1\CCC2(CCN(c3cnc(Sc4ccnc(N)c4Cl)c(N)n3)CC2)[C@@H]1N. The quantitative estimate of drug-likeness (QED) is 0.631. The lowest BCUT2D eigenvalue weighted by Gasteiger charge is -2.42. The zero-order valence-corrected chi connectivity index (χ0v) is 18.0. The fraction of sp³-hybridized carbons (Fsp3) is 0.450. The summed E-state index contributed by atoms with van der Waals surface area (Å²) in [5.74, 6) is 1.47. The molecule has 6 N–H and O–H groups in total. The summed E-state index contributed by atoms with van der Waals surface area (Å²) in [4.78, 5) is 16.1. The summed E-state index contributed by atoms with van der Waals surface area (Å²) >= 11 is 7.56. The number of hydrogen-bond acceptors (Lipinski definition) is 8. The molecule has 29 heavy (non-hydrogen) atoms. The molecule has 0 aromatic carbocycles. The summed E-state index contributed by atoms with van der Waals surface area (Å²) < 4.78 is 0. The topological polar surface area (TPSA) is 120 Å². The van der Waals surface area contributed by atoms with Gasteiger partial charge in [-0.3, -0.25) is 0 Å². The molecule has 2 fully saturated rings. The third-order valence-corrected chi connectivity index (χ3v) is 7.84. The van der Waals surface area contributed by atoms with Crippen LogP contribution in [0.1, 0.15) is 32.6 Å². The molecule has 1 aliphatic carbocycles. The molecule has 1 saturated heterocycles. The number of anilines is 3. The summed E-state index contributed by atoms with van der Waals surface area (Å²) in [5.41, 5.74) is 20.2. The van der Waals surface area contributed by atoms with Crippen molar-refractivity contribution in [1.82, 2.24) is 15.0 Å². The Morgan fingerprint density at radius 3 is 2.62 bits per heavy atom. The Morgan fingerprint density at radius 2 is 1.97 bits per heavy atom. The van der Waals surface area contributed by atoms with Gasteiger partial charge in [0.25, 0.3) is 0 Å². The molecule has 2 aromatic heterocycles. The van der Waals surface area contributed by atoms with Crippen LogP contribution in [0.5, 0.6) is 0 Å². The molecule has 1 aliphatic heterocycles. The highest BCUT2D eigenvalue weighted by atomic mass is 35.5. The van der Waals surface area contributed by atoms with Crippen molar-refractivity contribution in [3.63, 3.8) is 0 Å². The summed E-state index contributed by atoms with van der Waals surface area (Å²) in [5, 5.41) is 1.00. The third-order valence-electron chi connectivity index (χ3n) is 6.26. The first-order valence-corrected chi connectivity index (χ1v) is 11.0. The minimum Gasteiger partial charge on any atom is -0.382 e. The molecular formula is C20H26ClN7S. The number of nitrogens with two attached hydrogens (primary N) is 3. The average Bonchev–Trinajstić information content (AvgIpc) is 3.03. The average molecular weight is 432 g/mol.